The fourth-order valence-corrected chi connectivity index (χ4v) is 2.43. The molecule has 0 amide bonds. The van der Waals surface area contributed by atoms with Gasteiger partial charge in [-0.3, -0.25) is 0 Å². The van der Waals surface area contributed by atoms with Crippen LogP contribution in [0.5, 0.6) is 0 Å². The molecule has 0 saturated carbocycles. The zero-order chi connectivity index (χ0) is 8.39. The molecule has 2 aromatic rings. The van der Waals surface area contributed by atoms with E-state index in [1.54, 1.807) is 0 Å². The molecule has 0 aliphatic carbocycles. The van der Waals surface area contributed by atoms with Crippen molar-refractivity contribution >= 4 is 14.5 Å². The topological polar surface area (TPSA) is 12.9 Å². The van der Waals surface area contributed by atoms with Gasteiger partial charge in [0, 0.05) is 0 Å². The zero-order valence-electron chi connectivity index (χ0n) is 6.82. The molecule has 1 nitrogen and oxygen atoms in total. The first-order valence-electron chi connectivity index (χ1n) is 3.83. The van der Waals surface area contributed by atoms with Crippen LogP contribution in [0, 0.1) is 6.92 Å². The predicted molar refractivity (Wildman–Crippen MR) is 51.4 cm³/mol. The molecule has 0 bridgehead atoms. The van der Waals surface area contributed by atoms with Gasteiger partial charge in [0.15, 0.2) is 0 Å². The first kappa shape index (κ1) is 7.78. The number of aryl methyl sites for hydroxylation is 1. The van der Waals surface area contributed by atoms with Crippen molar-refractivity contribution in [2.45, 2.75) is 6.92 Å². The van der Waals surface area contributed by atoms with Crippen LogP contribution in [0.25, 0.3) is 11.3 Å². The van der Waals surface area contributed by atoms with Gasteiger partial charge in [-0.1, -0.05) is 0 Å². The van der Waals surface area contributed by atoms with Crippen LogP contribution in [0.2, 0.25) is 0 Å². The fraction of sp³-hybridized carbons (Fsp3) is 0.100. The summed E-state index contributed by atoms with van der Waals surface area (Å²) >= 11 is 0.491. The molecule has 0 saturated heterocycles. The Hall–Kier alpha value is -0.851. The van der Waals surface area contributed by atoms with E-state index in [1.165, 1.54) is 15.7 Å². The summed E-state index contributed by atoms with van der Waals surface area (Å²) in [5, 5.41) is 2.03. The van der Waals surface area contributed by atoms with Gasteiger partial charge in [0.25, 0.3) is 0 Å². The molecular formula is C10H9NSe. The van der Waals surface area contributed by atoms with E-state index in [0.717, 1.165) is 0 Å². The standard InChI is InChI=1S/C10H9NSe/c1-8-10(11-7-12-8)9-5-3-2-4-6-9/h2-7H,1H3. The van der Waals surface area contributed by atoms with Crippen LogP contribution in [0.4, 0.5) is 0 Å². The third-order valence-corrected chi connectivity index (χ3v) is 3.38. The minimum atomic E-state index is 0.491. The molecule has 0 unspecified atom stereocenters. The normalized spacial score (nSPS) is 10.1. The molecule has 0 N–H and O–H groups in total. The summed E-state index contributed by atoms with van der Waals surface area (Å²) in [7, 11) is 0. The van der Waals surface area contributed by atoms with E-state index in [2.05, 4.69) is 36.2 Å². The van der Waals surface area contributed by atoms with E-state index in [1.807, 2.05) is 11.1 Å². The van der Waals surface area contributed by atoms with Crippen LogP contribution >= 0.6 is 0 Å². The van der Waals surface area contributed by atoms with Crippen LogP contribution in [0.3, 0.4) is 0 Å². The Balaban J connectivity index is 2.51. The van der Waals surface area contributed by atoms with Gasteiger partial charge in [-0.2, -0.15) is 0 Å². The Morgan fingerprint density at radius 3 is 2.50 bits per heavy atom. The second kappa shape index (κ2) is 3.26. The number of aromatic nitrogens is 1. The summed E-state index contributed by atoms with van der Waals surface area (Å²) in [6, 6.07) is 10.4. The number of nitrogens with zero attached hydrogens (tertiary/aromatic N) is 1. The van der Waals surface area contributed by atoms with E-state index >= 15 is 0 Å². The fourth-order valence-electron chi connectivity index (χ4n) is 1.18. The zero-order valence-corrected chi connectivity index (χ0v) is 8.53. The average Bonchev–Trinajstić information content (AvgIpc) is 2.53. The van der Waals surface area contributed by atoms with Gasteiger partial charge in [-0.15, -0.1) is 0 Å². The molecule has 0 fully saturated rings. The number of hydrogen-bond donors (Lipinski definition) is 0. The van der Waals surface area contributed by atoms with Crippen LogP contribution in [-0.2, 0) is 0 Å². The quantitative estimate of drug-likeness (QED) is 0.673. The Bertz CT molecular complexity index is 364. The average molecular weight is 222 g/mol. The Morgan fingerprint density at radius 1 is 1.17 bits per heavy atom. The van der Waals surface area contributed by atoms with E-state index in [9.17, 15) is 0 Å². The third-order valence-electron chi connectivity index (χ3n) is 1.79. The second-order valence-corrected chi connectivity index (χ2v) is 4.84. The summed E-state index contributed by atoms with van der Waals surface area (Å²) in [5.41, 5.74) is 2.42. The second-order valence-electron chi connectivity index (χ2n) is 2.62. The van der Waals surface area contributed by atoms with E-state index in [4.69, 9.17) is 0 Å². The van der Waals surface area contributed by atoms with Crippen molar-refractivity contribution < 1.29 is 0 Å². The number of hydrogen-bond acceptors (Lipinski definition) is 1. The first-order chi connectivity index (χ1) is 5.88. The summed E-state index contributed by atoms with van der Waals surface area (Å²) in [6.07, 6.45) is 0. The maximum absolute atomic E-state index is 4.37. The Morgan fingerprint density at radius 2 is 1.92 bits per heavy atom. The van der Waals surface area contributed by atoms with Crippen LogP contribution < -0.4 is 0 Å². The van der Waals surface area contributed by atoms with Crippen molar-refractivity contribution in [1.29, 1.82) is 0 Å². The van der Waals surface area contributed by atoms with Gasteiger partial charge in [0.2, 0.25) is 0 Å². The predicted octanol–water partition coefficient (Wildman–Crippen LogP) is 2.11. The van der Waals surface area contributed by atoms with E-state index in [-0.39, 0.29) is 0 Å². The van der Waals surface area contributed by atoms with Crippen molar-refractivity contribution in [3.63, 3.8) is 0 Å². The van der Waals surface area contributed by atoms with Gasteiger partial charge in [0.05, 0.1) is 0 Å². The van der Waals surface area contributed by atoms with Crippen LogP contribution in [0.15, 0.2) is 35.4 Å². The molecule has 0 spiro atoms. The van der Waals surface area contributed by atoms with Gasteiger partial charge in [-0.25, -0.2) is 0 Å². The van der Waals surface area contributed by atoms with Crippen molar-refractivity contribution in [3.8, 4) is 11.3 Å². The molecule has 12 heavy (non-hydrogen) atoms. The Kier molecular flexibility index (Phi) is 2.11. The monoisotopic (exact) mass is 223 g/mol. The van der Waals surface area contributed by atoms with Crippen molar-refractivity contribution in [2.24, 2.45) is 0 Å². The van der Waals surface area contributed by atoms with Gasteiger partial charge in [-0.05, 0) is 0 Å². The third kappa shape index (κ3) is 1.36. The molecule has 2 rings (SSSR count). The van der Waals surface area contributed by atoms with Gasteiger partial charge < -0.3 is 0 Å². The summed E-state index contributed by atoms with van der Waals surface area (Å²) < 4.78 is 1.42. The Labute approximate surface area is 77.8 Å². The maximum atomic E-state index is 4.37. The van der Waals surface area contributed by atoms with Crippen LogP contribution in [-0.4, -0.2) is 19.5 Å². The van der Waals surface area contributed by atoms with E-state index in [0.29, 0.717) is 14.5 Å². The van der Waals surface area contributed by atoms with Crippen molar-refractivity contribution in [1.82, 2.24) is 4.98 Å². The molecule has 2 heteroatoms. The first-order valence-corrected chi connectivity index (χ1v) is 5.68. The van der Waals surface area contributed by atoms with Crippen LogP contribution in [0.1, 0.15) is 4.44 Å². The van der Waals surface area contributed by atoms with Crippen molar-refractivity contribution in [2.75, 3.05) is 0 Å². The molecule has 1 heterocycles. The molecule has 0 atom stereocenters. The summed E-state index contributed by atoms with van der Waals surface area (Å²) in [4.78, 5) is 4.37. The number of benzene rings is 1. The summed E-state index contributed by atoms with van der Waals surface area (Å²) in [6.45, 7) is 2.16. The molecule has 1 aromatic heterocycles. The molecule has 60 valence electrons. The summed E-state index contributed by atoms with van der Waals surface area (Å²) in [5.74, 6) is 0. The molecule has 0 aliphatic heterocycles. The van der Waals surface area contributed by atoms with Gasteiger partial charge >= 0.3 is 77.5 Å². The van der Waals surface area contributed by atoms with Crippen molar-refractivity contribution in [3.05, 3.63) is 39.8 Å². The molecule has 0 aliphatic rings. The molecular weight excluding hydrogens is 213 g/mol. The SMILES string of the molecule is Cc1[se]cnc1-c1ccccc1. The molecule has 1 aromatic carbocycles. The minimum absolute atomic E-state index is 0.491. The van der Waals surface area contributed by atoms with Gasteiger partial charge in [0.1, 0.15) is 0 Å². The number of rotatable bonds is 1. The molecule has 0 radical (unpaired) electrons. The van der Waals surface area contributed by atoms with E-state index < -0.39 is 0 Å².